The fourth-order valence-electron chi connectivity index (χ4n) is 3.35. The molecule has 1 aliphatic heterocycles. The van der Waals surface area contributed by atoms with Gasteiger partial charge in [0.15, 0.2) is 5.82 Å². The molecule has 8 heteroatoms. The molecule has 0 radical (unpaired) electrons. The van der Waals surface area contributed by atoms with Crippen molar-refractivity contribution in [3.05, 3.63) is 47.2 Å². The number of anilines is 1. The standard InChI is InChI=1S/C22H30N4O3S/c1-16(2)19-6-4-18(5-7-19)13-25-8-10-26(11-9-25)22(28)15-30-14-21(27)23-20-12-17(3)29-24-20/h4-7,12,16H,8-11,13-15H2,1-3H3,(H,23,24,27). The van der Waals surface area contributed by atoms with E-state index in [1.807, 2.05) is 4.90 Å². The molecular formula is C22H30N4O3S. The van der Waals surface area contributed by atoms with Gasteiger partial charge in [0, 0.05) is 38.8 Å². The van der Waals surface area contributed by atoms with Crippen molar-refractivity contribution in [1.29, 1.82) is 0 Å². The van der Waals surface area contributed by atoms with Crippen molar-refractivity contribution in [2.45, 2.75) is 33.2 Å². The van der Waals surface area contributed by atoms with Gasteiger partial charge in [0.05, 0.1) is 11.5 Å². The predicted octanol–water partition coefficient (Wildman–Crippen LogP) is 3.12. The molecule has 1 aliphatic rings. The number of rotatable bonds is 8. The Morgan fingerprint density at radius 3 is 2.43 bits per heavy atom. The number of carbonyl (C=O) groups is 2. The Hall–Kier alpha value is -2.32. The Labute approximate surface area is 182 Å². The molecule has 0 saturated carbocycles. The average molecular weight is 431 g/mol. The van der Waals surface area contributed by atoms with E-state index in [9.17, 15) is 9.59 Å². The van der Waals surface area contributed by atoms with Crippen LogP contribution in [-0.2, 0) is 16.1 Å². The van der Waals surface area contributed by atoms with Gasteiger partial charge in [0.1, 0.15) is 5.76 Å². The van der Waals surface area contributed by atoms with Crippen molar-refractivity contribution in [2.75, 3.05) is 43.0 Å². The third-order valence-electron chi connectivity index (χ3n) is 5.13. The highest BCUT2D eigenvalue weighted by Gasteiger charge is 2.21. The van der Waals surface area contributed by atoms with Crippen LogP contribution in [0, 0.1) is 6.92 Å². The van der Waals surface area contributed by atoms with E-state index in [0.717, 1.165) is 32.7 Å². The lowest BCUT2D eigenvalue weighted by Gasteiger charge is -2.34. The van der Waals surface area contributed by atoms with Crippen LogP contribution < -0.4 is 5.32 Å². The fraction of sp³-hybridized carbons (Fsp3) is 0.500. The van der Waals surface area contributed by atoms with Gasteiger partial charge in [-0.1, -0.05) is 43.3 Å². The molecule has 1 N–H and O–H groups in total. The first-order valence-corrected chi connectivity index (χ1v) is 11.5. The summed E-state index contributed by atoms with van der Waals surface area (Å²) in [5.74, 6) is 2.01. The monoisotopic (exact) mass is 430 g/mol. The molecule has 1 aromatic heterocycles. The van der Waals surface area contributed by atoms with Crippen LogP contribution >= 0.6 is 11.8 Å². The van der Waals surface area contributed by atoms with Gasteiger partial charge < -0.3 is 14.7 Å². The highest BCUT2D eigenvalue weighted by atomic mass is 32.2. The number of piperazine rings is 1. The van der Waals surface area contributed by atoms with Crippen LogP contribution in [0.2, 0.25) is 0 Å². The quantitative estimate of drug-likeness (QED) is 0.693. The molecular weight excluding hydrogens is 400 g/mol. The molecule has 1 saturated heterocycles. The zero-order valence-corrected chi connectivity index (χ0v) is 18.7. The van der Waals surface area contributed by atoms with Crippen molar-refractivity contribution < 1.29 is 14.1 Å². The summed E-state index contributed by atoms with van der Waals surface area (Å²) in [7, 11) is 0. The smallest absolute Gasteiger partial charge is 0.235 e. The Morgan fingerprint density at radius 1 is 1.13 bits per heavy atom. The molecule has 0 unspecified atom stereocenters. The van der Waals surface area contributed by atoms with E-state index >= 15 is 0 Å². The number of aromatic nitrogens is 1. The molecule has 1 fully saturated rings. The molecule has 30 heavy (non-hydrogen) atoms. The van der Waals surface area contributed by atoms with Crippen LogP contribution in [0.4, 0.5) is 5.82 Å². The van der Waals surface area contributed by atoms with Crippen LogP contribution in [0.15, 0.2) is 34.9 Å². The minimum absolute atomic E-state index is 0.0889. The summed E-state index contributed by atoms with van der Waals surface area (Å²) in [6.45, 7) is 10.3. The summed E-state index contributed by atoms with van der Waals surface area (Å²) >= 11 is 1.32. The second-order valence-electron chi connectivity index (χ2n) is 7.92. The van der Waals surface area contributed by atoms with Crippen molar-refractivity contribution >= 4 is 29.4 Å². The van der Waals surface area contributed by atoms with E-state index in [1.165, 1.54) is 22.9 Å². The number of nitrogens with one attached hydrogen (secondary N) is 1. The maximum Gasteiger partial charge on any atom is 0.235 e. The Bertz CT molecular complexity index is 842. The Kier molecular flexibility index (Phi) is 7.93. The van der Waals surface area contributed by atoms with Crippen molar-refractivity contribution in [1.82, 2.24) is 15.0 Å². The lowest BCUT2D eigenvalue weighted by molar-refractivity contribution is -0.130. The maximum absolute atomic E-state index is 12.4. The molecule has 0 atom stereocenters. The predicted molar refractivity (Wildman–Crippen MR) is 120 cm³/mol. The van der Waals surface area contributed by atoms with Gasteiger partial charge in [-0.05, 0) is 24.0 Å². The summed E-state index contributed by atoms with van der Waals surface area (Å²) in [5, 5.41) is 6.38. The Balaban J connectivity index is 1.34. The number of benzene rings is 1. The number of hydrogen-bond donors (Lipinski definition) is 1. The van der Waals surface area contributed by atoms with Crippen LogP contribution in [-0.4, -0.2) is 64.5 Å². The maximum atomic E-state index is 12.4. The van der Waals surface area contributed by atoms with E-state index in [1.54, 1.807) is 13.0 Å². The molecule has 0 bridgehead atoms. The Morgan fingerprint density at radius 2 is 1.83 bits per heavy atom. The van der Waals surface area contributed by atoms with Crippen LogP contribution in [0.5, 0.6) is 0 Å². The van der Waals surface area contributed by atoms with Crippen LogP contribution in [0.25, 0.3) is 0 Å². The third kappa shape index (κ3) is 6.60. The van der Waals surface area contributed by atoms with E-state index in [-0.39, 0.29) is 17.6 Å². The number of carbonyl (C=O) groups excluding carboxylic acids is 2. The minimum Gasteiger partial charge on any atom is -0.360 e. The molecule has 2 amide bonds. The van der Waals surface area contributed by atoms with Crippen molar-refractivity contribution in [2.24, 2.45) is 0 Å². The van der Waals surface area contributed by atoms with Gasteiger partial charge in [-0.25, -0.2) is 0 Å². The molecule has 0 spiro atoms. The summed E-state index contributed by atoms with van der Waals surface area (Å²) in [6, 6.07) is 10.5. The number of nitrogens with zero attached hydrogens (tertiary/aromatic N) is 3. The third-order valence-corrected chi connectivity index (χ3v) is 6.05. The van der Waals surface area contributed by atoms with Crippen LogP contribution in [0.1, 0.15) is 36.7 Å². The minimum atomic E-state index is -0.186. The van der Waals surface area contributed by atoms with E-state index < -0.39 is 0 Å². The highest BCUT2D eigenvalue weighted by Crippen LogP contribution is 2.16. The number of thioether (sulfide) groups is 1. The van der Waals surface area contributed by atoms with Gasteiger partial charge in [0.25, 0.3) is 0 Å². The second kappa shape index (κ2) is 10.6. The van der Waals surface area contributed by atoms with Gasteiger partial charge in [0.2, 0.25) is 11.8 Å². The number of amides is 2. The summed E-state index contributed by atoms with van der Waals surface area (Å²) < 4.78 is 4.91. The highest BCUT2D eigenvalue weighted by molar-refractivity contribution is 8.00. The van der Waals surface area contributed by atoms with Crippen molar-refractivity contribution in [3.8, 4) is 0 Å². The van der Waals surface area contributed by atoms with Gasteiger partial charge in [-0.15, -0.1) is 11.8 Å². The van der Waals surface area contributed by atoms with Gasteiger partial charge in [-0.2, -0.15) is 0 Å². The van der Waals surface area contributed by atoms with E-state index in [4.69, 9.17) is 4.52 Å². The second-order valence-corrected chi connectivity index (χ2v) is 8.90. The average Bonchev–Trinajstić information content (AvgIpc) is 3.13. The van der Waals surface area contributed by atoms with E-state index in [2.05, 4.69) is 53.5 Å². The zero-order valence-electron chi connectivity index (χ0n) is 17.9. The number of aryl methyl sites for hydroxylation is 1. The lowest BCUT2D eigenvalue weighted by atomic mass is 10.0. The van der Waals surface area contributed by atoms with Gasteiger partial charge >= 0.3 is 0 Å². The molecule has 3 rings (SSSR count). The summed E-state index contributed by atoms with van der Waals surface area (Å²) in [6.07, 6.45) is 0. The largest absolute Gasteiger partial charge is 0.360 e. The van der Waals surface area contributed by atoms with Gasteiger partial charge in [-0.3, -0.25) is 14.5 Å². The SMILES string of the molecule is Cc1cc(NC(=O)CSCC(=O)N2CCN(Cc3ccc(C(C)C)cc3)CC2)no1. The molecule has 2 heterocycles. The first kappa shape index (κ1) is 22.4. The summed E-state index contributed by atoms with van der Waals surface area (Å²) in [4.78, 5) is 28.6. The summed E-state index contributed by atoms with van der Waals surface area (Å²) in [5.41, 5.74) is 2.67. The fourth-order valence-corrected chi connectivity index (χ4v) is 4.06. The normalized spacial score (nSPS) is 14.9. The van der Waals surface area contributed by atoms with Crippen molar-refractivity contribution in [3.63, 3.8) is 0 Å². The molecule has 0 aliphatic carbocycles. The topological polar surface area (TPSA) is 78.7 Å². The first-order chi connectivity index (χ1) is 14.4. The molecule has 162 valence electrons. The number of hydrogen-bond acceptors (Lipinski definition) is 6. The first-order valence-electron chi connectivity index (χ1n) is 10.3. The van der Waals surface area contributed by atoms with Crippen LogP contribution in [0.3, 0.4) is 0 Å². The molecule has 7 nitrogen and oxygen atoms in total. The molecule has 1 aromatic carbocycles. The van der Waals surface area contributed by atoms with E-state index in [0.29, 0.717) is 23.2 Å². The zero-order chi connectivity index (χ0) is 21.5. The lowest BCUT2D eigenvalue weighted by Crippen LogP contribution is -2.48. The molecule has 2 aromatic rings.